The zero-order valence-electron chi connectivity index (χ0n) is 23.4. The van der Waals surface area contributed by atoms with Crippen LogP contribution in [0.2, 0.25) is 0 Å². The molecule has 0 saturated carbocycles. The zero-order chi connectivity index (χ0) is 27.8. The zero-order valence-corrected chi connectivity index (χ0v) is 25.9. The van der Waals surface area contributed by atoms with Gasteiger partial charge >= 0.3 is 5.97 Å². The minimum atomic E-state index is -3.28. The van der Waals surface area contributed by atoms with Gasteiger partial charge in [-0.1, -0.05) is 57.7 Å². The van der Waals surface area contributed by atoms with Gasteiger partial charge < -0.3 is 9.64 Å². The number of likely N-dealkylation sites (N-methyl/N-ethyl adjacent to an activating group) is 1. The average molecular weight is 581 g/mol. The van der Waals surface area contributed by atoms with Crippen molar-refractivity contribution in [1.82, 2.24) is 4.31 Å². The molecule has 38 heavy (non-hydrogen) atoms. The molecule has 0 unspecified atom stereocenters. The van der Waals surface area contributed by atoms with Gasteiger partial charge in [0, 0.05) is 29.9 Å². The average Bonchev–Trinajstić information content (AvgIpc) is 2.99. The number of fused-ring (bicyclic) bond motifs is 1. The quantitative estimate of drug-likeness (QED) is 0.181. The summed E-state index contributed by atoms with van der Waals surface area (Å²) in [5, 5.41) is 0. The summed E-state index contributed by atoms with van der Waals surface area (Å²) in [6, 6.07) is 14.4. The van der Waals surface area contributed by atoms with Crippen molar-refractivity contribution in [3.05, 3.63) is 48.0 Å². The minimum absolute atomic E-state index is 0.228. The third-order valence-electron chi connectivity index (χ3n) is 7.29. The fourth-order valence-electron chi connectivity index (χ4n) is 5.12. The van der Waals surface area contributed by atoms with Crippen molar-refractivity contribution in [3.8, 4) is 0 Å². The molecule has 0 spiro atoms. The highest BCUT2D eigenvalue weighted by Gasteiger charge is 2.46. The van der Waals surface area contributed by atoms with Gasteiger partial charge in [0.05, 0.1) is 28.5 Å². The first-order valence-electron chi connectivity index (χ1n) is 13.5. The summed E-state index contributed by atoms with van der Waals surface area (Å²) in [5.41, 5.74) is 2.51. The SMILES string of the molecule is CCCCC1(CCCC)CN(c2ccccc2)c2cc(SC)c(CSCC(=O)OCC)cc2S(O)(O)N1C. The smallest absolute Gasteiger partial charge is 0.315 e. The standard InChI is InChI=1S/C29H44N2O4S3/c1-6-9-16-29(17-10-7-2)22-31(24-14-12-11-13-15-24)25-19-26(36-5)23(20-37-21-28(32)35-8-3)18-27(25)38(33,34)30(29)4/h11-15,18-19,33-34H,6-10,16-17,20-22H2,1-5H3. The largest absolute Gasteiger partial charge is 0.465 e. The van der Waals surface area contributed by atoms with Gasteiger partial charge in [0.2, 0.25) is 0 Å². The molecule has 0 bridgehead atoms. The minimum Gasteiger partial charge on any atom is -0.465 e. The number of rotatable bonds is 13. The van der Waals surface area contributed by atoms with Crippen LogP contribution in [0.5, 0.6) is 0 Å². The fourth-order valence-corrected chi connectivity index (χ4v) is 8.47. The van der Waals surface area contributed by atoms with Gasteiger partial charge in [0.1, 0.15) is 0 Å². The Balaban J connectivity index is 2.16. The lowest BCUT2D eigenvalue weighted by Gasteiger charge is -2.50. The molecule has 0 radical (unpaired) electrons. The molecule has 3 rings (SSSR count). The van der Waals surface area contributed by atoms with Gasteiger partial charge in [-0.3, -0.25) is 13.9 Å². The van der Waals surface area contributed by atoms with Gasteiger partial charge in [0.25, 0.3) is 0 Å². The summed E-state index contributed by atoms with van der Waals surface area (Å²) in [5.74, 6) is 0.625. The highest BCUT2D eigenvalue weighted by Crippen LogP contribution is 2.62. The first kappa shape index (κ1) is 31.2. The first-order valence-corrected chi connectivity index (χ1v) is 17.4. The lowest BCUT2D eigenvalue weighted by molar-refractivity contribution is -0.139. The van der Waals surface area contributed by atoms with Crippen molar-refractivity contribution >= 4 is 51.6 Å². The number of nitrogens with zero attached hydrogens (tertiary/aromatic N) is 2. The maximum atomic E-state index is 12.0. The number of carbonyl (C=O) groups is 1. The third-order valence-corrected chi connectivity index (χ3v) is 11.1. The topological polar surface area (TPSA) is 73.2 Å². The second-order valence-corrected chi connectivity index (χ2v) is 13.7. The van der Waals surface area contributed by atoms with E-state index in [1.807, 2.05) is 48.8 Å². The highest BCUT2D eigenvalue weighted by atomic mass is 32.3. The molecular formula is C29H44N2O4S3. The van der Waals surface area contributed by atoms with Crippen LogP contribution in [-0.2, 0) is 15.3 Å². The summed E-state index contributed by atoms with van der Waals surface area (Å²) < 4.78 is 31.0. The van der Waals surface area contributed by atoms with Crippen molar-refractivity contribution in [2.75, 3.05) is 37.1 Å². The number of hydrogen-bond acceptors (Lipinski definition) is 8. The third kappa shape index (κ3) is 7.04. The van der Waals surface area contributed by atoms with Crippen molar-refractivity contribution in [3.63, 3.8) is 0 Å². The molecule has 2 aromatic rings. The first-order chi connectivity index (χ1) is 18.2. The molecule has 9 heteroatoms. The van der Waals surface area contributed by atoms with E-state index in [-0.39, 0.29) is 11.7 Å². The van der Waals surface area contributed by atoms with E-state index in [0.29, 0.717) is 23.8 Å². The van der Waals surface area contributed by atoms with Crippen molar-refractivity contribution in [2.24, 2.45) is 0 Å². The summed E-state index contributed by atoms with van der Waals surface area (Å²) >= 11 is 3.14. The van der Waals surface area contributed by atoms with Crippen LogP contribution in [0.1, 0.15) is 64.9 Å². The Morgan fingerprint density at radius 3 is 2.32 bits per heavy atom. The van der Waals surface area contributed by atoms with E-state index in [1.54, 1.807) is 11.8 Å². The summed E-state index contributed by atoms with van der Waals surface area (Å²) in [6.07, 6.45) is 7.98. The van der Waals surface area contributed by atoms with Gasteiger partial charge in [-0.25, -0.2) is 0 Å². The van der Waals surface area contributed by atoms with E-state index in [4.69, 9.17) is 4.74 Å². The molecule has 2 N–H and O–H groups in total. The lowest BCUT2D eigenvalue weighted by atomic mass is 9.86. The van der Waals surface area contributed by atoms with E-state index in [9.17, 15) is 13.9 Å². The van der Waals surface area contributed by atoms with E-state index in [1.165, 1.54) is 11.8 Å². The van der Waals surface area contributed by atoms with Crippen LogP contribution in [0.4, 0.5) is 11.4 Å². The molecule has 1 aliphatic heterocycles. The van der Waals surface area contributed by atoms with Gasteiger partial charge in [-0.05, 0) is 55.9 Å². The number of benzene rings is 2. The number of para-hydroxylation sites is 1. The predicted octanol–water partition coefficient (Wildman–Crippen LogP) is 8.43. The van der Waals surface area contributed by atoms with Crippen LogP contribution in [0.15, 0.2) is 52.3 Å². The van der Waals surface area contributed by atoms with Crippen molar-refractivity contribution in [1.29, 1.82) is 0 Å². The number of ether oxygens (including phenoxy) is 1. The molecule has 2 aromatic carbocycles. The number of esters is 1. The Bertz CT molecular complexity index is 1040. The van der Waals surface area contributed by atoms with Gasteiger partial charge in [-0.2, -0.15) is 4.31 Å². The van der Waals surface area contributed by atoms with Crippen molar-refractivity contribution in [2.45, 2.75) is 80.4 Å². The molecule has 0 fully saturated rings. The lowest BCUT2D eigenvalue weighted by Crippen LogP contribution is -2.52. The summed E-state index contributed by atoms with van der Waals surface area (Å²) in [7, 11) is -1.38. The number of hydrogen-bond donors (Lipinski definition) is 2. The maximum absolute atomic E-state index is 12.0. The van der Waals surface area contributed by atoms with Crippen LogP contribution >= 0.6 is 34.3 Å². The molecule has 0 aromatic heterocycles. The van der Waals surface area contributed by atoms with Crippen LogP contribution < -0.4 is 4.90 Å². The Kier molecular flexibility index (Phi) is 11.8. The Hall–Kier alpha value is -1.36. The second kappa shape index (κ2) is 14.3. The van der Waals surface area contributed by atoms with Gasteiger partial charge in [-0.15, -0.1) is 34.3 Å². The Morgan fingerprint density at radius 1 is 1.08 bits per heavy atom. The molecule has 1 aliphatic rings. The summed E-state index contributed by atoms with van der Waals surface area (Å²) in [6.45, 7) is 7.24. The number of anilines is 2. The molecule has 212 valence electrons. The normalized spacial score (nSPS) is 17.5. The molecule has 1 heterocycles. The van der Waals surface area contributed by atoms with Crippen molar-refractivity contribution < 1.29 is 18.6 Å². The van der Waals surface area contributed by atoms with E-state index in [0.717, 1.165) is 60.4 Å². The number of carbonyl (C=O) groups excluding carboxylic acids is 1. The van der Waals surface area contributed by atoms with Gasteiger partial charge in [0.15, 0.2) is 0 Å². The molecule has 0 aliphatic carbocycles. The Labute approximate surface area is 239 Å². The van der Waals surface area contributed by atoms with E-state index in [2.05, 4.69) is 36.9 Å². The molecule has 0 amide bonds. The molecule has 6 nitrogen and oxygen atoms in total. The van der Waals surface area contributed by atoms with Crippen LogP contribution in [0.25, 0.3) is 0 Å². The number of thioether (sulfide) groups is 2. The van der Waals surface area contributed by atoms with Crippen LogP contribution in [-0.4, -0.2) is 57.1 Å². The molecule has 0 saturated heterocycles. The summed E-state index contributed by atoms with van der Waals surface area (Å²) in [4.78, 5) is 15.9. The monoisotopic (exact) mass is 580 g/mol. The molecule has 0 atom stereocenters. The highest BCUT2D eigenvalue weighted by molar-refractivity contribution is 8.22. The maximum Gasteiger partial charge on any atom is 0.315 e. The fraction of sp³-hybridized carbons (Fsp3) is 0.552. The predicted molar refractivity (Wildman–Crippen MR) is 165 cm³/mol. The van der Waals surface area contributed by atoms with Crippen LogP contribution in [0.3, 0.4) is 0 Å². The molecular weight excluding hydrogens is 537 g/mol. The second-order valence-electron chi connectivity index (χ2n) is 9.80. The Morgan fingerprint density at radius 2 is 1.74 bits per heavy atom. The van der Waals surface area contributed by atoms with E-state index < -0.39 is 16.3 Å². The number of unbranched alkanes of at least 4 members (excludes halogenated alkanes) is 2. The van der Waals surface area contributed by atoms with E-state index >= 15 is 0 Å². The van der Waals surface area contributed by atoms with Crippen LogP contribution in [0, 0.1) is 0 Å².